The number of hydrogen-bond acceptors (Lipinski definition) is 6. The number of carbonyl (C=O) groups excluding carboxylic acids is 1. The Morgan fingerprint density at radius 1 is 1.25 bits per heavy atom. The zero-order chi connectivity index (χ0) is 20.3. The van der Waals surface area contributed by atoms with E-state index in [-0.39, 0.29) is 11.6 Å². The Morgan fingerprint density at radius 3 is 2.57 bits per heavy atom. The molecule has 0 aliphatic carbocycles. The maximum Gasteiger partial charge on any atom is 0.282 e. The SMILES string of the molecule is COc1nc(C(=O)N[S@@](=N)(=O)c2c(F)cccc2F)ccc1Cn1cccn1. The molecule has 2 aromatic heterocycles. The van der Waals surface area contributed by atoms with Gasteiger partial charge in [0.2, 0.25) is 5.88 Å². The normalized spacial score (nSPS) is 13.0. The Balaban J connectivity index is 1.86. The predicted molar refractivity (Wildman–Crippen MR) is 95.1 cm³/mol. The van der Waals surface area contributed by atoms with E-state index in [0.29, 0.717) is 12.1 Å². The van der Waals surface area contributed by atoms with Crippen LogP contribution in [0, 0.1) is 16.4 Å². The van der Waals surface area contributed by atoms with Crippen LogP contribution in [0.5, 0.6) is 5.88 Å². The van der Waals surface area contributed by atoms with Gasteiger partial charge in [-0.1, -0.05) is 6.07 Å². The molecule has 0 bridgehead atoms. The van der Waals surface area contributed by atoms with Crippen molar-refractivity contribution in [2.45, 2.75) is 11.4 Å². The van der Waals surface area contributed by atoms with Crippen molar-refractivity contribution in [2.24, 2.45) is 0 Å². The number of halogens is 2. The maximum atomic E-state index is 13.8. The Hall–Kier alpha value is -3.34. The fraction of sp³-hybridized carbons (Fsp3) is 0.118. The zero-order valence-electron chi connectivity index (χ0n) is 14.6. The van der Waals surface area contributed by atoms with Crippen LogP contribution in [0.2, 0.25) is 0 Å². The van der Waals surface area contributed by atoms with Gasteiger partial charge in [-0.2, -0.15) is 5.10 Å². The number of pyridine rings is 1. The monoisotopic (exact) mass is 407 g/mol. The molecule has 3 aromatic rings. The van der Waals surface area contributed by atoms with Gasteiger partial charge in [-0.3, -0.25) is 14.2 Å². The lowest BCUT2D eigenvalue weighted by atomic mass is 10.2. The van der Waals surface area contributed by atoms with Gasteiger partial charge in [-0.15, -0.1) is 0 Å². The van der Waals surface area contributed by atoms with Gasteiger partial charge in [0.25, 0.3) is 5.91 Å². The Morgan fingerprint density at radius 2 is 1.96 bits per heavy atom. The zero-order valence-corrected chi connectivity index (χ0v) is 15.4. The number of amides is 1. The first-order chi connectivity index (χ1) is 13.3. The average Bonchev–Trinajstić information content (AvgIpc) is 3.14. The van der Waals surface area contributed by atoms with Crippen LogP contribution in [-0.2, 0) is 16.5 Å². The number of ether oxygens (including phenoxy) is 1. The van der Waals surface area contributed by atoms with E-state index in [4.69, 9.17) is 9.52 Å². The summed E-state index contributed by atoms with van der Waals surface area (Å²) >= 11 is 0. The molecule has 2 heterocycles. The van der Waals surface area contributed by atoms with Crippen LogP contribution in [0.25, 0.3) is 0 Å². The average molecular weight is 407 g/mol. The van der Waals surface area contributed by atoms with Crippen LogP contribution >= 0.6 is 0 Å². The van der Waals surface area contributed by atoms with E-state index in [0.717, 1.165) is 18.2 Å². The first-order valence-electron chi connectivity index (χ1n) is 7.88. The molecule has 1 atom stereocenters. The van der Waals surface area contributed by atoms with Crippen molar-refractivity contribution in [1.29, 1.82) is 4.78 Å². The lowest BCUT2D eigenvalue weighted by Gasteiger charge is -2.13. The van der Waals surface area contributed by atoms with Crippen molar-refractivity contribution in [3.63, 3.8) is 0 Å². The molecule has 0 aliphatic rings. The number of nitrogens with zero attached hydrogens (tertiary/aromatic N) is 3. The van der Waals surface area contributed by atoms with Crippen molar-refractivity contribution in [1.82, 2.24) is 19.5 Å². The summed E-state index contributed by atoms with van der Waals surface area (Å²) in [7, 11) is -2.92. The molecule has 0 aliphatic heterocycles. The Kier molecular flexibility index (Phi) is 5.36. The maximum absolute atomic E-state index is 13.8. The van der Waals surface area contributed by atoms with E-state index >= 15 is 0 Å². The summed E-state index contributed by atoms with van der Waals surface area (Å²) in [4.78, 5) is 15.4. The highest BCUT2D eigenvalue weighted by Gasteiger charge is 2.24. The molecule has 3 rings (SSSR count). The molecule has 0 fully saturated rings. The summed E-state index contributed by atoms with van der Waals surface area (Å²) in [5.74, 6) is -3.30. The van der Waals surface area contributed by atoms with E-state index < -0.39 is 32.4 Å². The number of carbonyl (C=O) groups is 1. The second-order valence-corrected chi connectivity index (χ2v) is 7.33. The first-order valence-corrected chi connectivity index (χ1v) is 9.44. The summed E-state index contributed by atoms with van der Waals surface area (Å²) in [6, 6.07) is 7.39. The standard InChI is InChI=1S/C17H15F2N5O3S/c1-27-17-11(10-24-9-3-8-21-24)6-7-14(22-17)16(25)23-28(20,26)15-12(18)4-2-5-13(15)19/h2-9H,10H2,1H3,(H2,20,23,25,26)/t28-/m1/s1. The topological polar surface area (TPSA) is 110 Å². The molecule has 1 amide bonds. The Bertz CT molecular complexity index is 1100. The van der Waals surface area contributed by atoms with E-state index in [1.807, 2.05) is 4.72 Å². The van der Waals surface area contributed by atoms with Crippen molar-refractivity contribution in [2.75, 3.05) is 7.11 Å². The van der Waals surface area contributed by atoms with Gasteiger partial charge in [0.15, 0.2) is 9.92 Å². The molecule has 28 heavy (non-hydrogen) atoms. The number of hydrogen-bond donors (Lipinski definition) is 2. The second-order valence-electron chi connectivity index (χ2n) is 5.61. The first kappa shape index (κ1) is 19.4. The highest BCUT2D eigenvalue weighted by Crippen LogP contribution is 2.20. The van der Waals surface area contributed by atoms with Gasteiger partial charge in [-0.05, 0) is 30.3 Å². The van der Waals surface area contributed by atoms with Crippen LogP contribution in [0.4, 0.5) is 8.78 Å². The van der Waals surface area contributed by atoms with Crippen LogP contribution in [0.1, 0.15) is 16.1 Å². The van der Waals surface area contributed by atoms with Crippen molar-refractivity contribution in [3.8, 4) is 5.88 Å². The Labute approximate surface area is 159 Å². The lowest BCUT2D eigenvalue weighted by Crippen LogP contribution is -2.31. The van der Waals surface area contributed by atoms with Gasteiger partial charge in [0.1, 0.15) is 22.2 Å². The van der Waals surface area contributed by atoms with E-state index in [1.165, 1.54) is 13.2 Å². The van der Waals surface area contributed by atoms with E-state index in [9.17, 15) is 17.8 Å². The molecular formula is C17H15F2N5O3S. The van der Waals surface area contributed by atoms with E-state index in [2.05, 4.69) is 10.1 Å². The summed E-state index contributed by atoms with van der Waals surface area (Å²) in [5, 5.41) is 4.06. The number of aromatic nitrogens is 3. The van der Waals surface area contributed by atoms with Crippen LogP contribution in [-0.4, -0.2) is 32.0 Å². The molecule has 0 radical (unpaired) electrons. The molecule has 11 heteroatoms. The molecular weight excluding hydrogens is 392 g/mol. The van der Waals surface area contributed by atoms with Crippen molar-refractivity contribution >= 4 is 15.8 Å². The minimum absolute atomic E-state index is 0.122. The van der Waals surface area contributed by atoms with Gasteiger partial charge in [0, 0.05) is 18.0 Å². The quantitative estimate of drug-likeness (QED) is 0.652. The third-order valence-corrected chi connectivity index (χ3v) is 5.14. The number of benzene rings is 1. The number of methoxy groups -OCH3 is 1. The lowest BCUT2D eigenvalue weighted by molar-refractivity contribution is 0.0976. The number of rotatable bonds is 6. The van der Waals surface area contributed by atoms with Crippen molar-refractivity contribution in [3.05, 3.63) is 71.7 Å². The van der Waals surface area contributed by atoms with E-state index in [1.54, 1.807) is 29.2 Å². The largest absolute Gasteiger partial charge is 0.481 e. The van der Waals surface area contributed by atoms with Gasteiger partial charge in [-0.25, -0.2) is 22.8 Å². The van der Waals surface area contributed by atoms with Crippen LogP contribution < -0.4 is 9.46 Å². The highest BCUT2D eigenvalue weighted by atomic mass is 32.2. The molecule has 8 nitrogen and oxygen atoms in total. The highest BCUT2D eigenvalue weighted by molar-refractivity contribution is 7.91. The molecule has 2 N–H and O–H groups in total. The summed E-state index contributed by atoms with van der Waals surface area (Å²) in [6.45, 7) is 0.334. The minimum Gasteiger partial charge on any atom is -0.481 e. The van der Waals surface area contributed by atoms with Gasteiger partial charge in [0.05, 0.1) is 13.7 Å². The third-order valence-electron chi connectivity index (χ3n) is 3.70. The van der Waals surface area contributed by atoms with Gasteiger partial charge >= 0.3 is 0 Å². The smallest absolute Gasteiger partial charge is 0.282 e. The number of nitrogens with one attached hydrogen (secondary N) is 2. The molecule has 0 spiro atoms. The second kappa shape index (κ2) is 7.72. The minimum atomic E-state index is -4.28. The summed E-state index contributed by atoms with van der Waals surface area (Å²) < 4.78 is 56.4. The van der Waals surface area contributed by atoms with Crippen LogP contribution in [0.3, 0.4) is 0 Å². The fourth-order valence-corrected chi connectivity index (χ4v) is 3.61. The molecule has 146 valence electrons. The fourth-order valence-electron chi connectivity index (χ4n) is 2.45. The predicted octanol–water partition coefficient (Wildman–Crippen LogP) is 2.36. The van der Waals surface area contributed by atoms with Gasteiger partial charge < -0.3 is 4.74 Å². The molecule has 1 aromatic carbocycles. The molecule has 0 unspecified atom stereocenters. The summed E-state index contributed by atoms with van der Waals surface area (Å²) in [5.41, 5.74) is 0.396. The van der Waals surface area contributed by atoms with Crippen LogP contribution in [0.15, 0.2) is 53.7 Å². The molecule has 0 saturated carbocycles. The van der Waals surface area contributed by atoms with Crippen molar-refractivity contribution < 1.29 is 22.5 Å². The third kappa shape index (κ3) is 3.98. The summed E-state index contributed by atoms with van der Waals surface area (Å²) in [6.07, 6.45) is 3.34. The molecule has 0 saturated heterocycles.